The van der Waals surface area contributed by atoms with Crippen molar-refractivity contribution >= 4 is 22.4 Å². The van der Waals surface area contributed by atoms with Crippen molar-refractivity contribution in [3.8, 4) is 0 Å². The number of carbonyl (C=O) groups is 1. The molecule has 1 fully saturated rings. The number of nitrogens with zero attached hydrogens (tertiary/aromatic N) is 4. The fraction of sp³-hybridized carbons (Fsp3) is 0.643. The molecule has 1 amide bonds. The van der Waals surface area contributed by atoms with Crippen LogP contribution in [0.5, 0.6) is 0 Å². The van der Waals surface area contributed by atoms with Crippen molar-refractivity contribution in [1.82, 2.24) is 19.5 Å². The molecule has 22 heavy (non-hydrogen) atoms. The summed E-state index contributed by atoms with van der Waals surface area (Å²) in [5.74, 6) is 0.354. The molecule has 3 heterocycles. The third-order valence-corrected chi connectivity index (χ3v) is 4.79. The Kier molecular flexibility index (Phi) is 4.30. The lowest BCUT2D eigenvalue weighted by Crippen LogP contribution is -2.39. The molecule has 8 heteroatoms. The van der Waals surface area contributed by atoms with Crippen molar-refractivity contribution in [2.45, 2.75) is 45.3 Å². The zero-order valence-electron chi connectivity index (χ0n) is 12.7. The molecular weight excluding hydrogens is 304 g/mol. The molecule has 0 atom stereocenters. The van der Waals surface area contributed by atoms with Crippen LogP contribution in [0.1, 0.15) is 43.3 Å². The zero-order chi connectivity index (χ0) is 15.7. The number of piperidine rings is 1. The summed E-state index contributed by atoms with van der Waals surface area (Å²) < 4.78 is 6.96. The molecule has 0 spiro atoms. The first-order valence-electron chi connectivity index (χ1n) is 7.48. The molecule has 0 saturated carbocycles. The molecule has 2 aromatic heterocycles. The van der Waals surface area contributed by atoms with E-state index in [4.69, 9.17) is 9.84 Å². The van der Waals surface area contributed by atoms with Gasteiger partial charge in [-0.15, -0.1) is 0 Å². The first kappa shape index (κ1) is 15.2. The van der Waals surface area contributed by atoms with Gasteiger partial charge in [0, 0.05) is 19.0 Å². The maximum atomic E-state index is 11.9. The van der Waals surface area contributed by atoms with E-state index in [9.17, 15) is 4.79 Å². The summed E-state index contributed by atoms with van der Waals surface area (Å²) >= 11 is 1.56. The first-order valence-corrected chi connectivity index (χ1v) is 8.30. The molecule has 1 N–H and O–H groups in total. The van der Waals surface area contributed by atoms with Gasteiger partial charge in [-0.25, -0.2) is 14.3 Å². The topological polar surface area (TPSA) is 80.0 Å². The lowest BCUT2D eigenvalue weighted by molar-refractivity contribution is 0.0691. The number of hydrogen-bond donors (Lipinski definition) is 1. The van der Waals surface area contributed by atoms with E-state index in [0.29, 0.717) is 24.7 Å². The SMILES string of the molecule is CC(C)OC(=O)N1CCC(c2nn3cc(CO)nc3s2)CC1. The Hall–Kier alpha value is -1.67. The number of likely N-dealkylation sites (tertiary alicyclic amines) is 1. The molecule has 120 valence electrons. The van der Waals surface area contributed by atoms with Crippen LogP contribution in [-0.4, -0.2) is 49.9 Å². The van der Waals surface area contributed by atoms with Crippen LogP contribution >= 0.6 is 11.3 Å². The Balaban J connectivity index is 1.62. The molecule has 1 saturated heterocycles. The van der Waals surface area contributed by atoms with E-state index in [0.717, 1.165) is 22.8 Å². The largest absolute Gasteiger partial charge is 0.447 e. The fourth-order valence-corrected chi connectivity index (χ4v) is 3.66. The smallest absolute Gasteiger partial charge is 0.410 e. The van der Waals surface area contributed by atoms with E-state index in [-0.39, 0.29) is 18.8 Å². The predicted molar refractivity (Wildman–Crippen MR) is 82.0 cm³/mol. The van der Waals surface area contributed by atoms with Gasteiger partial charge < -0.3 is 14.7 Å². The van der Waals surface area contributed by atoms with Crippen molar-refractivity contribution in [3.63, 3.8) is 0 Å². The first-order chi connectivity index (χ1) is 10.6. The molecule has 2 aromatic rings. The Morgan fingerprint density at radius 2 is 2.23 bits per heavy atom. The number of aromatic nitrogens is 3. The number of aliphatic hydroxyl groups is 1. The van der Waals surface area contributed by atoms with E-state index in [1.807, 2.05) is 13.8 Å². The molecule has 0 aliphatic carbocycles. The molecule has 7 nitrogen and oxygen atoms in total. The highest BCUT2D eigenvalue weighted by Crippen LogP contribution is 2.31. The molecule has 3 rings (SSSR count). The highest BCUT2D eigenvalue weighted by molar-refractivity contribution is 7.16. The standard InChI is InChI=1S/C14H20N4O3S/c1-9(2)21-14(20)17-5-3-10(4-6-17)12-16-18-7-11(8-19)15-13(18)22-12/h7,9-10,19H,3-6,8H2,1-2H3. The van der Waals surface area contributed by atoms with Gasteiger partial charge in [0.05, 0.1) is 24.6 Å². The van der Waals surface area contributed by atoms with E-state index < -0.39 is 0 Å². The van der Waals surface area contributed by atoms with E-state index in [2.05, 4.69) is 10.1 Å². The summed E-state index contributed by atoms with van der Waals surface area (Å²) in [4.78, 5) is 18.8. The number of rotatable bonds is 3. The zero-order valence-corrected chi connectivity index (χ0v) is 13.5. The maximum absolute atomic E-state index is 11.9. The summed E-state index contributed by atoms with van der Waals surface area (Å²) in [6.07, 6.45) is 3.21. The summed E-state index contributed by atoms with van der Waals surface area (Å²) in [7, 11) is 0. The highest BCUT2D eigenvalue weighted by Gasteiger charge is 2.27. The maximum Gasteiger partial charge on any atom is 0.410 e. The van der Waals surface area contributed by atoms with Crippen LogP contribution in [0, 0.1) is 0 Å². The summed E-state index contributed by atoms with van der Waals surface area (Å²) in [6.45, 7) is 5.04. The highest BCUT2D eigenvalue weighted by atomic mass is 32.1. The minimum absolute atomic E-state index is 0.0677. The molecule has 0 bridgehead atoms. The summed E-state index contributed by atoms with van der Waals surface area (Å²) in [6, 6.07) is 0. The van der Waals surface area contributed by atoms with Crippen LogP contribution in [0.2, 0.25) is 0 Å². The number of amides is 1. The van der Waals surface area contributed by atoms with Crippen molar-refractivity contribution in [2.75, 3.05) is 13.1 Å². The summed E-state index contributed by atoms with van der Waals surface area (Å²) in [5.41, 5.74) is 0.636. The van der Waals surface area contributed by atoms with Crippen molar-refractivity contribution in [2.24, 2.45) is 0 Å². The Bertz CT molecular complexity index is 627. The Labute approximate surface area is 132 Å². The van der Waals surface area contributed by atoms with Gasteiger partial charge in [0.2, 0.25) is 4.96 Å². The van der Waals surface area contributed by atoms with Crippen LogP contribution in [0.3, 0.4) is 0 Å². The fourth-order valence-electron chi connectivity index (χ4n) is 2.59. The molecule has 0 unspecified atom stereocenters. The lowest BCUT2D eigenvalue weighted by atomic mass is 9.98. The van der Waals surface area contributed by atoms with E-state index in [1.165, 1.54) is 0 Å². The van der Waals surface area contributed by atoms with Crippen LogP contribution in [0.4, 0.5) is 4.79 Å². The van der Waals surface area contributed by atoms with Gasteiger partial charge >= 0.3 is 6.09 Å². The molecule has 1 aliphatic rings. The predicted octanol–water partition coefficient (Wildman–Crippen LogP) is 2.01. The van der Waals surface area contributed by atoms with Crippen molar-refractivity contribution in [1.29, 1.82) is 0 Å². The van der Waals surface area contributed by atoms with Gasteiger partial charge in [0.25, 0.3) is 0 Å². The minimum Gasteiger partial charge on any atom is -0.447 e. The van der Waals surface area contributed by atoms with Gasteiger partial charge in [-0.05, 0) is 26.7 Å². The average Bonchev–Trinajstić information content (AvgIpc) is 3.04. The molecule has 0 radical (unpaired) electrons. The van der Waals surface area contributed by atoms with Crippen LogP contribution in [-0.2, 0) is 11.3 Å². The number of fused-ring (bicyclic) bond motifs is 1. The quantitative estimate of drug-likeness (QED) is 0.934. The average molecular weight is 324 g/mol. The lowest BCUT2D eigenvalue weighted by Gasteiger charge is -2.30. The van der Waals surface area contributed by atoms with Crippen molar-refractivity contribution in [3.05, 3.63) is 16.9 Å². The Morgan fingerprint density at radius 3 is 2.82 bits per heavy atom. The second-order valence-electron chi connectivity index (χ2n) is 5.75. The monoisotopic (exact) mass is 324 g/mol. The molecular formula is C14H20N4O3S. The second-order valence-corrected chi connectivity index (χ2v) is 6.74. The third-order valence-electron chi connectivity index (χ3n) is 3.71. The third kappa shape index (κ3) is 3.07. The van der Waals surface area contributed by atoms with E-state index >= 15 is 0 Å². The van der Waals surface area contributed by atoms with Crippen molar-refractivity contribution < 1.29 is 14.6 Å². The van der Waals surface area contributed by atoms with Gasteiger partial charge in [0.15, 0.2) is 0 Å². The van der Waals surface area contributed by atoms with Gasteiger partial charge in [0.1, 0.15) is 5.01 Å². The number of aliphatic hydroxyl groups excluding tert-OH is 1. The normalized spacial score (nSPS) is 16.6. The van der Waals surface area contributed by atoms with Gasteiger partial charge in [-0.2, -0.15) is 5.10 Å². The van der Waals surface area contributed by atoms with Crippen LogP contribution in [0.15, 0.2) is 6.20 Å². The second kappa shape index (κ2) is 6.21. The Morgan fingerprint density at radius 1 is 1.50 bits per heavy atom. The van der Waals surface area contributed by atoms with Gasteiger partial charge in [-0.1, -0.05) is 11.3 Å². The number of hydrogen-bond acceptors (Lipinski definition) is 6. The summed E-state index contributed by atoms with van der Waals surface area (Å²) in [5, 5.41) is 14.7. The molecule has 1 aliphatic heterocycles. The molecule has 0 aromatic carbocycles. The van der Waals surface area contributed by atoms with Crippen LogP contribution < -0.4 is 0 Å². The van der Waals surface area contributed by atoms with E-state index in [1.54, 1.807) is 26.9 Å². The number of carbonyl (C=O) groups excluding carboxylic acids is 1. The minimum atomic E-state index is -0.227. The number of ether oxygens (including phenoxy) is 1. The van der Waals surface area contributed by atoms with Gasteiger partial charge in [-0.3, -0.25) is 0 Å². The van der Waals surface area contributed by atoms with Crippen LogP contribution in [0.25, 0.3) is 4.96 Å². The number of imidazole rings is 1.